The summed E-state index contributed by atoms with van der Waals surface area (Å²) in [6, 6.07) is 6.24. The van der Waals surface area contributed by atoms with Crippen LogP contribution >= 0.6 is 0 Å². The molecule has 0 aromatic heterocycles. The second-order valence-electron chi connectivity index (χ2n) is 6.35. The summed E-state index contributed by atoms with van der Waals surface area (Å²) in [5.74, 6) is 1.71. The van der Waals surface area contributed by atoms with Crippen LogP contribution in [0.1, 0.15) is 30.4 Å². The Labute approximate surface area is 150 Å². The highest BCUT2D eigenvalue weighted by molar-refractivity contribution is 5.86. The summed E-state index contributed by atoms with van der Waals surface area (Å²) in [7, 11) is 3.41. The van der Waals surface area contributed by atoms with Gasteiger partial charge in [0.1, 0.15) is 5.75 Å². The first-order chi connectivity index (χ1) is 12.1. The fourth-order valence-electron chi connectivity index (χ4n) is 2.98. The maximum atomic E-state index is 12.2. The summed E-state index contributed by atoms with van der Waals surface area (Å²) in [6.45, 7) is 4.82. The van der Waals surface area contributed by atoms with Crippen LogP contribution in [0.4, 0.5) is 0 Å². The first-order valence-electron chi connectivity index (χ1n) is 9.00. The van der Waals surface area contributed by atoms with Crippen LogP contribution < -0.4 is 15.4 Å². The maximum absolute atomic E-state index is 12.2. The van der Waals surface area contributed by atoms with Crippen molar-refractivity contribution in [3.63, 3.8) is 0 Å². The fourth-order valence-corrected chi connectivity index (χ4v) is 2.98. The lowest BCUT2D eigenvalue weighted by molar-refractivity contribution is -0.130. The number of carbonyl (C=O) groups excluding carboxylic acids is 1. The minimum Gasteiger partial charge on any atom is -0.496 e. The Morgan fingerprint density at radius 2 is 2.00 bits per heavy atom. The van der Waals surface area contributed by atoms with Crippen molar-refractivity contribution < 1.29 is 9.53 Å². The molecule has 2 rings (SSSR count). The lowest BCUT2D eigenvalue weighted by Gasteiger charge is -2.27. The smallest absolute Gasteiger partial charge is 0.241 e. The second-order valence-corrected chi connectivity index (χ2v) is 6.35. The summed E-state index contributed by atoms with van der Waals surface area (Å²) in [4.78, 5) is 18.3. The molecule has 6 nitrogen and oxygen atoms in total. The zero-order valence-electron chi connectivity index (χ0n) is 15.6. The third kappa shape index (κ3) is 5.96. The van der Waals surface area contributed by atoms with Gasteiger partial charge in [0, 0.05) is 26.7 Å². The number of rotatable bonds is 6. The van der Waals surface area contributed by atoms with Crippen molar-refractivity contribution in [3.05, 3.63) is 29.3 Å². The van der Waals surface area contributed by atoms with Crippen molar-refractivity contribution in [2.24, 2.45) is 4.99 Å². The van der Waals surface area contributed by atoms with Crippen LogP contribution in [0.15, 0.2) is 23.2 Å². The molecule has 0 bridgehead atoms. The number of aryl methyl sites for hydroxylation is 1. The maximum Gasteiger partial charge on any atom is 0.241 e. The molecule has 1 aliphatic heterocycles. The molecule has 1 heterocycles. The topological polar surface area (TPSA) is 66.0 Å². The van der Waals surface area contributed by atoms with Gasteiger partial charge >= 0.3 is 0 Å². The number of carbonyl (C=O) groups is 1. The molecule has 1 amide bonds. The molecule has 0 saturated carbocycles. The number of amides is 1. The van der Waals surface area contributed by atoms with Crippen LogP contribution in [-0.4, -0.2) is 57.1 Å². The van der Waals surface area contributed by atoms with Crippen molar-refractivity contribution in [1.82, 2.24) is 15.5 Å². The molecule has 2 N–H and O–H groups in total. The third-order valence-electron chi connectivity index (χ3n) is 4.52. The molecular formula is C19H30N4O2. The van der Waals surface area contributed by atoms with E-state index < -0.39 is 0 Å². The van der Waals surface area contributed by atoms with Gasteiger partial charge in [-0.3, -0.25) is 9.79 Å². The molecular weight excluding hydrogens is 316 g/mol. The number of nitrogens with one attached hydrogen (secondary N) is 2. The molecule has 1 aromatic rings. The Morgan fingerprint density at radius 3 is 2.68 bits per heavy atom. The summed E-state index contributed by atoms with van der Waals surface area (Å²) in [5.41, 5.74) is 2.34. The Bertz CT molecular complexity index is 595. The zero-order chi connectivity index (χ0) is 18.1. The molecule has 1 saturated heterocycles. The number of likely N-dealkylation sites (tertiary alicyclic amines) is 1. The minimum absolute atomic E-state index is 0.144. The molecule has 6 heteroatoms. The van der Waals surface area contributed by atoms with Gasteiger partial charge in [-0.05, 0) is 49.8 Å². The summed E-state index contributed by atoms with van der Waals surface area (Å²) in [5, 5.41) is 6.36. The van der Waals surface area contributed by atoms with Gasteiger partial charge in [0.05, 0.1) is 13.7 Å². The second kappa shape index (κ2) is 9.91. The zero-order valence-corrected chi connectivity index (χ0v) is 15.6. The predicted molar refractivity (Wildman–Crippen MR) is 101 cm³/mol. The van der Waals surface area contributed by atoms with E-state index in [2.05, 4.69) is 33.8 Å². The van der Waals surface area contributed by atoms with Gasteiger partial charge in [0.25, 0.3) is 0 Å². The van der Waals surface area contributed by atoms with Crippen LogP contribution in [0.25, 0.3) is 0 Å². The number of hydrogen-bond donors (Lipinski definition) is 2. The largest absolute Gasteiger partial charge is 0.496 e. The first-order valence-corrected chi connectivity index (χ1v) is 9.00. The van der Waals surface area contributed by atoms with E-state index in [0.29, 0.717) is 5.96 Å². The standard InChI is InChI=1S/C19H30N4O2/c1-15-7-8-16(13-17(15)25-3)9-10-21-19(20-2)22-14-18(24)23-11-5-4-6-12-23/h7-8,13H,4-6,9-12,14H2,1-3H3,(H2,20,21,22). The minimum atomic E-state index is 0.144. The highest BCUT2D eigenvalue weighted by atomic mass is 16.5. The molecule has 1 fully saturated rings. The van der Waals surface area contributed by atoms with E-state index in [4.69, 9.17) is 4.74 Å². The number of aliphatic imine (C=N–C) groups is 1. The molecule has 0 aliphatic carbocycles. The molecule has 0 unspecified atom stereocenters. The van der Waals surface area contributed by atoms with Crippen molar-refractivity contribution in [2.75, 3.05) is 40.3 Å². The lowest BCUT2D eigenvalue weighted by Crippen LogP contribution is -2.46. The Morgan fingerprint density at radius 1 is 1.24 bits per heavy atom. The highest BCUT2D eigenvalue weighted by Gasteiger charge is 2.16. The number of ether oxygens (including phenoxy) is 1. The normalized spacial score (nSPS) is 15.0. The van der Waals surface area contributed by atoms with Crippen LogP contribution in [0, 0.1) is 6.92 Å². The van der Waals surface area contributed by atoms with Gasteiger partial charge in [-0.2, -0.15) is 0 Å². The van der Waals surface area contributed by atoms with Crippen LogP contribution in [0.5, 0.6) is 5.75 Å². The molecule has 1 aliphatic rings. The quantitative estimate of drug-likeness (QED) is 0.608. The molecule has 1 aromatic carbocycles. The van der Waals surface area contributed by atoms with Crippen LogP contribution in [0.2, 0.25) is 0 Å². The van der Waals surface area contributed by atoms with Crippen LogP contribution in [-0.2, 0) is 11.2 Å². The summed E-state index contributed by atoms with van der Waals surface area (Å²) < 4.78 is 5.36. The van der Waals surface area contributed by atoms with Gasteiger partial charge in [-0.25, -0.2) is 0 Å². The first kappa shape index (κ1) is 19.1. The Kier molecular flexibility index (Phi) is 7.57. The third-order valence-corrected chi connectivity index (χ3v) is 4.52. The van der Waals surface area contributed by atoms with Gasteiger partial charge in [0.15, 0.2) is 5.96 Å². The van der Waals surface area contributed by atoms with E-state index >= 15 is 0 Å². The van der Waals surface area contributed by atoms with E-state index in [-0.39, 0.29) is 12.5 Å². The Hall–Kier alpha value is -2.24. The average Bonchev–Trinajstić information content (AvgIpc) is 2.66. The fraction of sp³-hybridized carbons (Fsp3) is 0.579. The van der Waals surface area contributed by atoms with E-state index in [1.807, 2.05) is 11.8 Å². The van der Waals surface area contributed by atoms with E-state index in [1.54, 1.807) is 14.2 Å². The van der Waals surface area contributed by atoms with Crippen molar-refractivity contribution >= 4 is 11.9 Å². The number of hydrogen-bond acceptors (Lipinski definition) is 3. The van der Waals surface area contributed by atoms with E-state index in [1.165, 1.54) is 12.0 Å². The van der Waals surface area contributed by atoms with Crippen molar-refractivity contribution in [3.8, 4) is 5.75 Å². The molecule has 0 atom stereocenters. The van der Waals surface area contributed by atoms with E-state index in [0.717, 1.165) is 50.2 Å². The van der Waals surface area contributed by atoms with Gasteiger partial charge in [-0.1, -0.05) is 12.1 Å². The van der Waals surface area contributed by atoms with Gasteiger partial charge in [-0.15, -0.1) is 0 Å². The van der Waals surface area contributed by atoms with Crippen molar-refractivity contribution in [1.29, 1.82) is 0 Å². The molecule has 138 valence electrons. The number of nitrogens with zero attached hydrogens (tertiary/aromatic N) is 2. The predicted octanol–water partition coefficient (Wildman–Crippen LogP) is 1.72. The molecule has 0 spiro atoms. The van der Waals surface area contributed by atoms with E-state index in [9.17, 15) is 4.79 Å². The summed E-state index contributed by atoms with van der Waals surface area (Å²) in [6.07, 6.45) is 4.30. The lowest BCUT2D eigenvalue weighted by atomic mass is 10.1. The van der Waals surface area contributed by atoms with Gasteiger partial charge < -0.3 is 20.3 Å². The monoisotopic (exact) mass is 346 g/mol. The Balaban J connectivity index is 1.73. The van der Waals surface area contributed by atoms with Crippen LogP contribution in [0.3, 0.4) is 0 Å². The number of guanidine groups is 1. The summed E-state index contributed by atoms with van der Waals surface area (Å²) >= 11 is 0. The number of piperidine rings is 1. The number of methoxy groups -OCH3 is 1. The van der Waals surface area contributed by atoms with Gasteiger partial charge in [0.2, 0.25) is 5.91 Å². The average molecular weight is 346 g/mol. The SMILES string of the molecule is CN=C(NCCc1ccc(C)c(OC)c1)NCC(=O)N1CCCCC1. The molecule has 0 radical (unpaired) electrons. The number of benzene rings is 1. The molecule has 25 heavy (non-hydrogen) atoms. The van der Waals surface area contributed by atoms with Crippen molar-refractivity contribution in [2.45, 2.75) is 32.6 Å². The highest BCUT2D eigenvalue weighted by Crippen LogP contribution is 2.18.